The fourth-order valence-electron chi connectivity index (χ4n) is 4.68. The molecular formula is C28H26N4O4. The zero-order valence-electron chi connectivity index (χ0n) is 20.0. The van der Waals surface area contributed by atoms with Crippen molar-refractivity contribution >= 4 is 46.9 Å². The fraction of sp³-hybridized carbons (Fsp3) is 0.250. The maximum atomic E-state index is 12.9. The van der Waals surface area contributed by atoms with Crippen molar-refractivity contribution in [2.75, 3.05) is 11.9 Å². The van der Waals surface area contributed by atoms with Crippen molar-refractivity contribution in [1.82, 2.24) is 9.97 Å². The molecule has 36 heavy (non-hydrogen) atoms. The molecule has 0 saturated carbocycles. The van der Waals surface area contributed by atoms with Crippen molar-refractivity contribution in [2.45, 2.75) is 39.0 Å². The van der Waals surface area contributed by atoms with Crippen LogP contribution in [0.5, 0.6) is 0 Å². The van der Waals surface area contributed by atoms with E-state index in [0.29, 0.717) is 47.7 Å². The van der Waals surface area contributed by atoms with Gasteiger partial charge in [-0.3, -0.25) is 24.4 Å². The van der Waals surface area contributed by atoms with Crippen molar-refractivity contribution in [2.24, 2.45) is 4.99 Å². The van der Waals surface area contributed by atoms with E-state index in [1.807, 2.05) is 30.3 Å². The van der Waals surface area contributed by atoms with E-state index in [1.165, 1.54) is 0 Å². The van der Waals surface area contributed by atoms with Crippen LogP contribution in [0.15, 0.2) is 47.7 Å². The van der Waals surface area contributed by atoms with Crippen LogP contribution in [0.4, 0.5) is 11.4 Å². The van der Waals surface area contributed by atoms with E-state index in [4.69, 9.17) is 4.74 Å². The molecule has 182 valence electrons. The first-order chi connectivity index (χ1) is 17.5. The van der Waals surface area contributed by atoms with Gasteiger partial charge in [-0.25, -0.2) is 0 Å². The van der Waals surface area contributed by atoms with Gasteiger partial charge < -0.3 is 15.0 Å². The lowest BCUT2D eigenvalue weighted by Gasteiger charge is -2.11. The van der Waals surface area contributed by atoms with Crippen LogP contribution >= 0.6 is 0 Å². The lowest BCUT2D eigenvalue weighted by molar-refractivity contribution is -0.143. The molecule has 2 N–H and O–H groups in total. The number of carbonyl (C=O) groups excluding carboxylic acids is 3. The van der Waals surface area contributed by atoms with E-state index in [-0.39, 0.29) is 24.1 Å². The Hall–Kier alpha value is -4.33. The Balaban J connectivity index is 1.51. The predicted molar refractivity (Wildman–Crippen MR) is 137 cm³/mol. The highest BCUT2D eigenvalue weighted by molar-refractivity contribution is 6.35. The van der Waals surface area contributed by atoms with Crippen LogP contribution in [0.25, 0.3) is 11.6 Å². The number of hydrogen-bond donors (Lipinski definition) is 2. The first-order valence-corrected chi connectivity index (χ1v) is 12.1. The molecule has 8 nitrogen and oxygen atoms in total. The number of nitrogens with zero attached hydrogens (tertiary/aromatic N) is 2. The molecule has 1 aliphatic heterocycles. The maximum Gasteiger partial charge on any atom is 0.306 e. The highest BCUT2D eigenvalue weighted by atomic mass is 16.5. The third kappa shape index (κ3) is 4.75. The molecule has 8 heteroatoms. The fourth-order valence-corrected chi connectivity index (χ4v) is 4.68. The summed E-state index contributed by atoms with van der Waals surface area (Å²) >= 11 is 0. The second kappa shape index (κ2) is 10.1. The number of ketones is 1. The summed E-state index contributed by atoms with van der Waals surface area (Å²) in [5.74, 6) is -0.467. The average Bonchev–Trinajstić information content (AvgIpc) is 3.39. The SMILES string of the molecule is CCOC(=O)CCc1c(/C=C2\C(=O)Nc3ccc(N=Cc4ccncc4)cc32)[nH]c2c1C(=O)CCC2. The molecule has 2 aromatic heterocycles. The molecule has 0 saturated heterocycles. The Bertz CT molecular complexity index is 1400. The first kappa shape index (κ1) is 23.4. The molecule has 0 unspecified atom stereocenters. The lowest BCUT2D eigenvalue weighted by Crippen LogP contribution is -2.12. The molecular weight excluding hydrogens is 456 g/mol. The number of Topliss-reactive ketones (excluding diaryl/α,β-unsaturated/α-hetero) is 1. The van der Waals surface area contributed by atoms with Gasteiger partial charge in [-0.15, -0.1) is 0 Å². The summed E-state index contributed by atoms with van der Waals surface area (Å²) in [4.78, 5) is 49.6. The number of pyridine rings is 1. The van der Waals surface area contributed by atoms with Gasteiger partial charge in [-0.05, 0) is 73.7 Å². The molecule has 1 aliphatic carbocycles. The van der Waals surface area contributed by atoms with Crippen LogP contribution < -0.4 is 5.32 Å². The van der Waals surface area contributed by atoms with E-state index in [0.717, 1.165) is 35.2 Å². The number of amides is 1. The monoisotopic (exact) mass is 482 g/mol. The van der Waals surface area contributed by atoms with Gasteiger partial charge in [-0.1, -0.05) is 0 Å². The highest BCUT2D eigenvalue weighted by Gasteiger charge is 2.29. The first-order valence-electron chi connectivity index (χ1n) is 12.1. The molecule has 0 atom stereocenters. The third-order valence-electron chi connectivity index (χ3n) is 6.35. The predicted octanol–water partition coefficient (Wildman–Crippen LogP) is 4.67. The van der Waals surface area contributed by atoms with Gasteiger partial charge in [0.15, 0.2) is 5.78 Å². The van der Waals surface area contributed by atoms with Crippen LogP contribution in [-0.2, 0) is 27.2 Å². The van der Waals surface area contributed by atoms with Gasteiger partial charge in [0, 0.05) is 59.7 Å². The van der Waals surface area contributed by atoms with Gasteiger partial charge in [0.1, 0.15) is 0 Å². The number of anilines is 1. The number of aliphatic imine (C=N–C) groups is 1. The topological polar surface area (TPSA) is 114 Å². The molecule has 1 amide bonds. The molecule has 1 aromatic carbocycles. The van der Waals surface area contributed by atoms with Gasteiger partial charge in [0.05, 0.1) is 17.9 Å². The average molecular weight is 483 g/mol. The van der Waals surface area contributed by atoms with E-state index in [1.54, 1.807) is 31.6 Å². The summed E-state index contributed by atoms with van der Waals surface area (Å²) < 4.78 is 5.09. The van der Waals surface area contributed by atoms with Crippen molar-refractivity contribution in [1.29, 1.82) is 0 Å². The summed E-state index contributed by atoms with van der Waals surface area (Å²) in [7, 11) is 0. The smallest absolute Gasteiger partial charge is 0.306 e. The zero-order chi connectivity index (χ0) is 25.1. The Morgan fingerprint density at radius 2 is 2.00 bits per heavy atom. The number of aryl methyl sites for hydroxylation is 1. The molecule has 2 aliphatic rings. The lowest BCUT2D eigenvalue weighted by atomic mass is 9.91. The van der Waals surface area contributed by atoms with Crippen LogP contribution in [0.3, 0.4) is 0 Å². The number of rotatable bonds is 7. The Kier molecular flexibility index (Phi) is 6.58. The quantitative estimate of drug-likeness (QED) is 0.289. The van der Waals surface area contributed by atoms with Crippen LogP contribution in [-0.4, -0.2) is 40.4 Å². The van der Waals surface area contributed by atoms with E-state index < -0.39 is 0 Å². The van der Waals surface area contributed by atoms with Gasteiger partial charge in [-0.2, -0.15) is 0 Å². The molecule has 3 heterocycles. The van der Waals surface area contributed by atoms with Crippen LogP contribution in [0.2, 0.25) is 0 Å². The minimum absolute atomic E-state index is 0.0695. The van der Waals surface area contributed by atoms with Crippen molar-refractivity contribution in [3.63, 3.8) is 0 Å². The highest BCUT2D eigenvalue weighted by Crippen LogP contribution is 2.37. The normalized spacial score (nSPS) is 15.8. The summed E-state index contributed by atoms with van der Waals surface area (Å²) in [6.45, 7) is 2.07. The number of esters is 1. The number of benzene rings is 1. The number of aromatic amines is 1. The standard InChI is InChI=1S/C28H26N4O4/c1-2-36-26(34)9-7-19-24(31-23-4-3-5-25(33)27(19)23)15-21-20-14-18(6-8-22(20)32-28(21)35)30-16-17-10-12-29-13-11-17/h6,8,10-16,31H,2-5,7,9H2,1H3,(H,32,35)/b21-15-,30-16?. The molecule has 0 radical (unpaired) electrons. The molecule has 5 rings (SSSR count). The van der Waals surface area contributed by atoms with Crippen LogP contribution in [0, 0.1) is 0 Å². The maximum absolute atomic E-state index is 12.9. The third-order valence-corrected chi connectivity index (χ3v) is 6.35. The second-order valence-electron chi connectivity index (χ2n) is 8.73. The second-order valence-corrected chi connectivity index (χ2v) is 8.73. The summed E-state index contributed by atoms with van der Waals surface area (Å²) in [5.41, 5.74) is 6.52. The largest absolute Gasteiger partial charge is 0.466 e. The van der Waals surface area contributed by atoms with Gasteiger partial charge in [0.2, 0.25) is 0 Å². The Labute approximate surface area is 208 Å². The van der Waals surface area contributed by atoms with Gasteiger partial charge >= 0.3 is 5.97 Å². The van der Waals surface area contributed by atoms with Gasteiger partial charge in [0.25, 0.3) is 5.91 Å². The minimum Gasteiger partial charge on any atom is -0.466 e. The number of aromatic nitrogens is 2. The van der Waals surface area contributed by atoms with E-state index in [2.05, 4.69) is 20.3 Å². The minimum atomic E-state index is -0.310. The number of hydrogen-bond acceptors (Lipinski definition) is 6. The molecule has 0 fully saturated rings. The molecule has 0 spiro atoms. The number of H-pyrrole nitrogens is 1. The van der Waals surface area contributed by atoms with Crippen molar-refractivity contribution in [3.05, 3.63) is 76.4 Å². The molecule has 3 aromatic rings. The molecule has 0 bridgehead atoms. The van der Waals surface area contributed by atoms with E-state index >= 15 is 0 Å². The Morgan fingerprint density at radius 1 is 1.17 bits per heavy atom. The van der Waals surface area contributed by atoms with Crippen molar-refractivity contribution < 1.29 is 19.1 Å². The Morgan fingerprint density at radius 3 is 2.81 bits per heavy atom. The van der Waals surface area contributed by atoms with E-state index in [9.17, 15) is 14.4 Å². The summed E-state index contributed by atoms with van der Waals surface area (Å²) in [6.07, 6.45) is 9.48. The van der Waals surface area contributed by atoms with Crippen molar-refractivity contribution in [3.8, 4) is 0 Å². The zero-order valence-corrected chi connectivity index (χ0v) is 20.0. The number of nitrogens with one attached hydrogen (secondary N) is 2. The summed E-state index contributed by atoms with van der Waals surface area (Å²) in [6, 6.07) is 9.26. The van der Waals surface area contributed by atoms with Crippen LogP contribution in [0.1, 0.15) is 64.6 Å². The summed E-state index contributed by atoms with van der Waals surface area (Å²) in [5, 5.41) is 2.90. The number of carbonyl (C=O) groups is 3. The number of ether oxygens (including phenoxy) is 1. The number of fused-ring (bicyclic) bond motifs is 2.